The minimum absolute atomic E-state index is 0.0429. The van der Waals surface area contributed by atoms with E-state index in [1.807, 2.05) is 24.3 Å². The molecule has 2 amide bonds. The number of carbonyl (C=O) groups excluding carboxylic acids is 1. The summed E-state index contributed by atoms with van der Waals surface area (Å²) in [7, 11) is 1.65. The molecule has 0 fully saturated rings. The molecule has 0 saturated heterocycles. The molecule has 0 aromatic heterocycles. The zero-order chi connectivity index (χ0) is 12.0. The van der Waals surface area contributed by atoms with Crippen LogP contribution in [-0.4, -0.2) is 24.5 Å². The Bertz CT molecular complexity index is 335. The monoisotopic (exact) mass is 221 g/mol. The van der Waals surface area contributed by atoms with Gasteiger partial charge in [0.1, 0.15) is 0 Å². The second-order valence-corrected chi connectivity index (χ2v) is 3.72. The molecule has 0 radical (unpaired) electrons. The van der Waals surface area contributed by atoms with Gasteiger partial charge in [0.2, 0.25) is 0 Å². The van der Waals surface area contributed by atoms with Crippen LogP contribution in [0.3, 0.4) is 0 Å². The standard InChI is InChI=1S/C12H19N3O/c1-3-8-15(12(16)14-2)9-10-4-6-11(13)7-5-10/h4-7H,3,8-9,13H2,1-2H3,(H,14,16). The van der Waals surface area contributed by atoms with Crippen LogP contribution < -0.4 is 11.1 Å². The average molecular weight is 221 g/mol. The number of nitrogens with zero attached hydrogens (tertiary/aromatic N) is 1. The van der Waals surface area contributed by atoms with Crippen LogP contribution in [0.2, 0.25) is 0 Å². The van der Waals surface area contributed by atoms with Crippen molar-refractivity contribution in [3.8, 4) is 0 Å². The Kier molecular flexibility index (Phi) is 4.64. The summed E-state index contributed by atoms with van der Waals surface area (Å²) < 4.78 is 0. The number of nitrogen functional groups attached to an aromatic ring is 1. The average Bonchev–Trinajstić information content (AvgIpc) is 2.30. The van der Waals surface area contributed by atoms with E-state index in [-0.39, 0.29) is 6.03 Å². The molecule has 3 N–H and O–H groups in total. The van der Waals surface area contributed by atoms with Crippen molar-refractivity contribution in [2.75, 3.05) is 19.3 Å². The summed E-state index contributed by atoms with van der Waals surface area (Å²) in [6, 6.07) is 7.55. The number of anilines is 1. The fourth-order valence-electron chi connectivity index (χ4n) is 1.52. The summed E-state index contributed by atoms with van der Waals surface area (Å²) in [5, 5.41) is 2.64. The van der Waals surface area contributed by atoms with Crippen LogP contribution >= 0.6 is 0 Å². The fraction of sp³-hybridized carbons (Fsp3) is 0.417. The van der Waals surface area contributed by atoms with Gasteiger partial charge in [-0.3, -0.25) is 0 Å². The molecule has 4 heteroatoms. The van der Waals surface area contributed by atoms with Gasteiger partial charge in [-0.05, 0) is 24.1 Å². The quantitative estimate of drug-likeness (QED) is 0.762. The molecule has 0 aliphatic carbocycles. The third kappa shape index (κ3) is 3.46. The van der Waals surface area contributed by atoms with Gasteiger partial charge in [-0.25, -0.2) is 4.79 Å². The molecule has 1 rings (SSSR count). The molecule has 0 heterocycles. The van der Waals surface area contributed by atoms with Gasteiger partial charge in [0.15, 0.2) is 0 Å². The number of benzene rings is 1. The first-order chi connectivity index (χ1) is 7.67. The SMILES string of the molecule is CCCN(Cc1ccc(N)cc1)C(=O)NC. The molecular formula is C12H19N3O. The summed E-state index contributed by atoms with van der Waals surface area (Å²) in [5.74, 6) is 0. The number of hydrogen-bond acceptors (Lipinski definition) is 2. The summed E-state index contributed by atoms with van der Waals surface area (Å²) in [6.07, 6.45) is 0.947. The van der Waals surface area contributed by atoms with Gasteiger partial charge in [0, 0.05) is 25.8 Å². The number of urea groups is 1. The van der Waals surface area contributed by atoms with Gasteiger partial charge < -0.3 is 16.0 Å². The Balaban J connectivity index is 2.67. The highest BCUT2D eigenvalue weighted by Crippen LogP contribution is 2.09. The molecule has 0 saturated carbocycles. The van der Waals surface area contributed by atoms with Gasteiger partial charge >= 0.3 is 6.03 Å². The highest BCUT2D eigenvalue weighted by molar-refractivity contribution is 5.73. The van der Waals surface area contributed by atoms with Crippen LogP contribution in [-0.2, 0) is 6.54 Å². The number of nitrogens with one attached hydrogen (secondary N) is 1. The van der Waals surface area contributed by atoms with Crippen molar-refractivity contribution in [1.82, 2.24) is 10.2 Å². The maximum Gasteiger partial charge on any atom is 0.317 e. The molecule has 0 aliphatic rings. The first-order valence-corrected chi connectivity index (χ1v) is 5.48. The fourth-order valence-corrected chi connectivity index (χ4v) is 1.52. The van der Waals surface area contributed by atoms with Gasteiger partial charge in [0.25, 0.3) is 0 Å². The van der Waals surface area contributed by atoms with Crippen molar-refractivity contribution < 1.29 is 4.79 Å². The molecular weight excluding hydrogens is 202 g/mol. The zero-order valence-electron chi connectivity index (χ0n) is 9.86. The minimum atomic E-state index is -0.0429. The minimum Gasteiger partial charge on any atom is -0.399 e. The number of carbonyl (C=O) groups is 1. The van der Waals surface area contributed by atoms with E-state index in [4.69, 9.17) is 5.73 Å². The van der Waals surface area contributed by atoms with Crippen molar-refractivity contribution >= 4 is 11.7 Å². The summed E-state index contributed by atoms with van der Waals surface area (Å²) >= 11 is 0. The molecule has 0 unspecified atom stereocenters. The molecule has 4 nitrogen and oxygen atoms in total. The molecule has 16 heavy (non-hydrogen) atoms. The number of nitrogens with two attached hydrogens (primary N) is 1. The lowest BCUT2D eigenvalue weighted by Crippen LogP contribution is -2.38. The molecule has 0 bridgehead atoms. The summed E-state index contributed by atoms with van der Waals surface area (Å²) in [6.45, 7) is 3.43. The van der Waals surface area contributed by atoms with Gasteiger partial charge in [-0.1, -0.05) is 19.1 Å². The van der Waals surface area contributed by atoms with E-state index >= 15 is 0 Å². The highest BCUT2D eigenvalue weighted by atomic mass is 16.2. The first kappa shape index (κ1) is 12.4. The van der Waals surface area contributed by atoms with E-state index in [2.05, 4.69) is 12.2 Å². The van der Waals surface area contributed by atoms with E-state index < -0.39 is 0 Å². The first-order valence-electron chi connectivity index (χ1n) is 5.48. The maximum atomic E-state index is 11.6. The Labute approximate surface area is 96.4 Å². The van der Waals surface area contributed by atoms with Crippen LogP contribution in [0, 0.1) is 0 Å². The molecule has 88 valence electrons. The Morgan fingerprint density at radius 2 is 2.00 bits per heavy atom. The molecule has 0 spiro atoms. The van der Waals surface area contributed by atoms with Gasteiger partial charge in [-0.2, -0.15) is 0 Å². The normalized spacial score (nSPS) is 9.88. The maximum absolute atomic E-state index is 11.6. The Morgan fingerprint density at radius 3 is 2.50 bits per heavy atom. The predicted octanol–water partition coefficient (Wildman–Crippen LogP) is 1.82. The Morgan fingerprint density at radius 1 is 1.38 bits per heavy atom. The van der Waals surface area contributed by atoms with Crippen molar-refractivity contribution in [2.24, 2.45) is 0 Å². The van der Waals surface area contributed by atoms with Crippen LogP contribution in [0.15, 0.2) is 24.3 Å². The van der Waals surface area contributed by atoms with Crippen LogP contribution in [0.1, 0.15) is 18.9 Å². The highest BCUT2D eigenvalue weighted by Gasteiger charge is 2.10. The molecule has 0 atom stereocenters. The third-order valence-corrected chi connectivity index (χ3v) is 2.35. The Hall–Kier alpha value is -1.71. The summed E-state index contributed by atoms with van der Waals surface area (Å²) in [4.78, 5) is 13.3. The number of rotatable bonds is 4. The predicted molar refractivity (Wildman–Crippen MR) is 66.0 cm³/mol. The van der Waals surface area contributed by atoms with Crippen LogP contribution in [0.5, 0.6) is 0 Å². The summed E-state index contributed by atoms with van der Waals surface area (Å²) in [5.41, 5.74) is 7.44. The third-order valence-electron chi connectivity index (χ3n) is 2.35. The van der Waals surface area contributed by atoms with Crippen molar-refractivity contribution in [3.63, 3.8) is 0 Å². The largest absolute Gasteiger partial charge is 0.399 e. The van der Waals surface area contributed by atoms with Crippen molar-refractivity contribution in [3.05, 3.63) is 29.8 Å². The van der Waals surface area contributed by atoms with E-state index in [1.165, 1.54) is 0 Å². The lowest BCUT2D eigenvalue weighted by molar-refractivity contribution is 0.197. The van der Waals surface area contributed by atoms with Gasteiger partial charge in [-0.15, -0.1) is 0 Å². The van der Waals surface area contributed by atoms with E-state index in [0.717, 1.165) is 24.2 Å². The molecule has 1 aromatic rings. The second-order valence-electron chi connectivity index (χ2n) is 3.72. The van der Waals surface area contributed by atoms with Crippen molar-refractivity contribution in [1.29, 1.82) is 0 Å². The molecule has 1 aromatic carbocycles. The van der Waals surface area contributed by atoms with E-state index in [9.17, 15) is 4.79 Å². The smallest absolute Gasteiger partial charge is 0.317 e. The van der Waals surface area contributed by atoms with E-state index in [0.29, 0.717) is 6.54 Å². The molecule has 0 aliphatic heterocycles. The zero-order valence-corrected chi connectivity index (χ0v) is 9.86. The second kappa shape index (κ2) is 6.00. The van der Waals surface area contributed by atoms with Crippen molar-refractivity contribution in [2.45, 2.75) is 19.9 Å². The lowest BCUT2D eigenvalue weighted by Gasteiger charge is -2.21. The van der Waals surface area contributed by atoms with Crippen LogP contribution in [0.25, 0.3) is 0 Å². The van der Waals surface area contributed by atoms with Gasteiger partial charge in [0.05, 0.1) is 0 Å². The van der Waals surface area contributed by atoms with Crippen LogP contribution in [0.4, 0.5) is 10.5 Å². The van der Waals surface area contributed by atoms with E-state index in [1.54, 1.807) is 11.9 Å². The number of amides is 2. The topological polar surface area (TPSA) is 58.4 Å². The number of hydrogen-bond donors (Lipinski definition) is 2. The lowest BCUT2D eigenvalue weighted by atomic mass is 10.2.